The lowest BCUT2D eigenvalue weighted by Crippen LogP contribution is -2.41. The SMILES string of the molecule is OCC1(CNCc2cn[nH]c2-c2cccs2)CCOCC1. The molecular formula is C15H21N3O2S. The molecule has 0 aromatic carbocycles. The van der Waals surface area contributed by atoms with Crippen LogP contribution in [0.5, 0.6) is 0 Å². The zero-order valence-electron chi connectivity index (χ0n) is 12.0. The molecule has 114 valence electrons. The van der Waals surface area contributed by atoms with E-state index in [1.807, 2.05) is 12.3 Å². The van der Waals surface area contributed by atoms with Crippen LogP contribution in [0, 0.1) is 5.41 Å². The summed E-state index contributed by atoms with van der Waals surface area (Å²) in [5.74, 6) is 0. The van der Waals surface area contributed by atoms with Crippen LogP contribution in [0.4, 0.5) is 0 Å². The van der Waals surface area contributed by atoms with Crippen LogP contribution in [-0.2, 0) is 11.3 Å². The maximum absolute atomic E-state index is 9.69. The highest BCUT2D eigenvalue weighted by molar-refractivity contribution is 7.13. The number of ether oxygens (including phenoxy) is 1. The lowest BCUT2D eigenvalue weighted by molar-refractivity contribution is -0.0154. The van der Waals surface area contributed by atoms with Crippen LogP contribution in [0.2, 0.25) is 0 Å². The molecule has 2 aromatic rings. The predicted molar refractivity (Wildman–Crippen MR) is 83.2 cm³/mol. The van der Waals surface area contributed by atoms with E-state index >= 15 is 0 Å². The van der Waals surface area contributed by atoms with Crippen molar-refractivity contribution >= 4 is 11.3 Å². The molecule has 1 aliphatic rings. The molecule has 21 heavy (non-hydrogen) atoms. The summed E-state index contributed by atoms with van der Waals surface area (Å²) in [5.41, 5.74) is 2.21. The van der Waals surface area contributed by atoms with Crippen LogP contribution in [0.15, 0.2) is 23.7 Å². The van der Waals surface area contributed by atoms with E-state index in [0.29, 0.717) is 0 Å². The van der Waals surface area contributed by atoms with Crippen LogP contribution in [0.1, 0.15) is 18.4 Å². The molecule has 1 fully saturated rings. The summed E-state index contributed by atoms with van der Waals surface area (Å²) in [5, 5.41) is 22.5. The first kappa shape index (κ1) is 14.7. The van der Waals surface area contributed by atoms with Crippen molar-refractivity contribution in [2.75, 3.05) is 26.4 Å². The average molecular weight is 307 g/mol. The molecule has 0 saturated carbocycles. The number of hydrogen-bond acceptors (Lipinski definition) is 5. The smallest absolute Gasteiger partial charge is 0.0794 e. The Morgan fingerprint density at radius 2 is 2.29 bits per heavy atom. The molecule has 0 atom stereocenters. The van der Waals surface area contributed by atoms with Crippen molar-refractivity contribution in [3.8, 4) is 10.6 Å². The Labute approximate surface area is 128 Å². The van der Waals surface area contributed by atoms with Crippen molar-refractivity contribution in [3.05, 3.63) is 29.3 Å². The second kappa shape index (κ2) is 6.70. The first-order chi connectivity index (χ1) is 10.3. The van der Waals surface area contributed by atoms with Gasteiger partial charge in [0, 0.05) is 37.3 Å². The highest BCUT2D eigenvalue weighted by Gasteiger charge is 2.31. The van der Waals surface area contributed by atoms with E-state index in [1.165, 1.54) is 4.88 Å². The zero-order chi connectivity index (χ0) is 14.5. The molecule has 1 saturated heterocycles. The molecule has 0 bridgehead atoms. The minimum Gasteiger partial charge on any atom is -0.396 e. The van der Waals surface area contributed by atoms with Gasteiger partial charge < -0.3 is 15.2 Å². The number of aromatic nitrogens is 2. The summed E-state index contributed by atoms with van der Waals surface area (Å²) in [4.78, 5) is 1.20. The van der Waals surface area contributed by atoms with Crippen LogP contribution >= 0.6 is 11.3 Å². The molecule has 0 spiro atoms. The minimum absolute atomic E-state index is 0.0366. The number of aliphatic hydroxyl groups excluding tert-OH is 1. The summed E-state index contributed by atoms with van der Waals surface area (Å²) in [7, 11) is 0. The normalized spacial score (nSPS) is 18.0. The van der Waals surface area contributed by atoms with E-state index in [0.717, 1.165) is 50.4 Å². The average Bonchev–Trinajstić information content (AvgIpc) is 3.19. The van der Waals surface area contributed by atoms with Crippen LogP contribution in [0.25, 0.3) is 10.6 Å². The first-order valence-corrected chi connectivity index (χ1v) is 8.16. The number of aliphatic hydroxyl groups is 1. The lowest BCUT2D eigenvalue weighted by atomic mass is 9.81. The maximum atomic E-state index is 9.69. The summed E-state index contributed by atoms with van der Waals surface area (Å²) in [6, 6.07) is 4.14. The molecule has 0 amide bonds. The molecule has 2 aromatic heterocycles. The molecule has 0 radical (unpaired) electrons. The molecule has 0 unspecified atom stereocenters. The largest absolute Gasteiger partial charge is 0.396 e. The number of H-pyrrole nitrogens is 1. The lowest BCUT2D eigenvalue weighted by Gasteiger charge is -2.35. The van der Waals surface area contributed by atoms with Gasteiger partial charge in [0.15, 0.2) is 0 Å². The topological polar surface area (TPSA) is 70.2 Å². The highest BCUT2D eigenvalue weighted by Crippen LogP contribution is 2.30. The van der Waals surface area contributed by atoms with E-state index in [-0.39, 0.29) is 12.0 Å². The molecule has 5 nitrogen and oxygen atoms in total. The molecule has 0 aliphatic carbocycles. The number of rotatable bonds is 6. The fourth-order valence-electron chi connectivity index (χ4n) is 2.74. The van der Waals surface area contributed by atoms with Crippen molar-refractivity contribution in [1.29, 1.82) is 0 Å². The van der Waals surface area contributed by atoms with E-state index in [2.05, 4.69) is 27.0 Å². The summed E-state index contributed by atoms with van der Waals surface area (Å²) in [6.45, 7) is 3.27. The van der Waals surface area contributed by atoms with Crippen LogP contribution in [-0.4, -0.2) is 41.7 Å². The number of nitrogens with zero attached hydrogens (tertiary/aromatic N) is 1. The van der Waals surface area contributed by atoms with Gasteiger partial charge in [0.2, 0.25) is 0 Å². The van der Waals surface area contributed by atoms with Crippen molar-refractivity contribution in [3.63, 3.8) is 0 Å². The molecule has 3 heterocycles. The van der Waals surface area contributed by atoms with Gasteiger partial charge in [0.1, 0.15) is 0 Å². The van der Waals surface area contributed by atoms with Gasteiger partial charge >= 0.3 is 0 Å². The standard InChI is InChI=1S/C15H21N3O2S/c19-11-15(3-5-20-6-4-15)10-16-8-12-9-17-18-14(12)13-2-1-7-21-13/h1-2,7,9,16,19H,3-6,8,10-11H2,(H,17,18). The summed E-state index contributed by atoms with van der Waals surface area (Å²) < 4.78 is 5.39. The molecule has 1 aliphatic heterocycles. The molecule has 3 N–H and O–H groups in total. The zero-order valence-corrected chi connectivity index (χ0v) is 12.8. The fourth-order valence-corrected chi connectivity index (χ4v) is 3.49. The van der Waals surface area contributed by atoms with Crippen molar-refractivity contribution in [2.24, 2.45) is 5.41 Å². The first-order valence-electron chi connectivity index (χ1n) is 7.28. The Balaban J connectivity index is 1.59. The monoisotopic (exact) mass is 307 g/mol. The van der Waals surface area contributed by atoms with Gasteiger partial charge in [-0.2, -0.15) is 5.10 Å². The van der Waals surface area contributed by atoms with Gasteiger partial charge in [0.25, 0.3) is 0 Å². The highest BCUT2D eigenvalue weighted by atomic mass is 32.1. The molecular weight excluding hydrogens is 286 g/mol. The third-order valence-electron chi connectivity index (χ3n) is 4.19. The summed E-state index contributed by atoms with van der Waals surface area (Å²) >= 11 is 1.70. The summed E-state index contributed by atoms with van der Waals surface area (Å²) in [6.07, 6.45) is 3.71. The van der Waals surface area contributed by atoms with E-state index in [9.17, 15) is 5.11 Å². The van der Waals surface area contributed by atoms with Gasteiger partial charge in [-0.3, -0.25) is 5.10 Å². The van der Waals surface area contributed by atoms with Crippen molar-refractivity contribution in [1.82, 2.24) is 15.5 Å². The Morgan fingerprint density at radius 3 is 3.00 bits per heavy atom. The second-order valence-corrected chi connectivity index (χ2v) is 6.57. The predicted octanol–water partition coefficient (Wildman–Crippen LogP) is 2.02. The van der Waals surface area contributed by atoms with Crippen molar-refractivity contribution < 1.29 is 9.84 Å². The van der Waals surface area contributed by atoms with E-state index in [4.69, 9.17) is 4.74 Å². The fraction of sp³-hybridized carbons (Fsp3) is 0.533. The number of aromatic amines is 1. The second-order valence-electron chi connectivity index (χ2n) is 5.62. The quantitative estimate of drug-likeness (QED) is 0.763. The minimum atomic E-state index is -0.0366. The Kier molecular flexibility index (Phi) is 4.70. The number of nitrogens with one attached hydrogen (secondary N) is 2. The molecule has 6 heteroatoms. The van der Waals surface area contributed by atoms with E-state index in [1.54, 1.807) is 11.3 Å². The third kappa shape index (κ3) is 3.35. The van der Waals surface area contributed by atoms with E-state index < -0.39 is 0 Å². The van der Waals surface area contributed by atoms with Gasteiger partial charge in [0.05, 0.1) is 23.4 Å². The van der Waals surface area contributed by atoms with Crippen molar-refractivity contribution in [2.45, 2.75) is 19.4 Å². The van der Waals surface area contributed by atoms with Crippen LogP contribution < -0.4 is 5.32 Å². The third-order valence-corrected chi connectivity index (χ3v) is 5.08. The maximum Gasteiger partial charge on any atom is 0.0794 e. The van der Waals surface area contributed by atoms with Gasteiger partial charge in [-0.1, -0.05) is 6.07 Å². The van der Waals surface area contributed by atoms with Gasteiger partial charge in [-0.25, -0.2) is 0 Å². The Hall–Kier alpha value is -1.21. The Bertz CT molecular complexity index is 547. The Morgan fingerprint density at radius 1 is 1.43 bits per heavy atom. The number of thiophene rings is 1. The number of hydrogen-bond donors (Lipinski definition) is 3. The molecule has 3 rings (SSSR count). The van der Waals surface area contributed by atoms with Gasteiger partial charge in [-0.15, -0.1) is 11.3 Å². The van der Waals surface area contributed by atoms with Crippen LogP contribution in [0.3, 0.4) is 0 Å². The van der Waals surface area contributed by atoms with Gasteiger partial charge in [-0.05, 0) is 24.3 Å².